The lowest BCUT2D eigenvalue weighted by molar-refractivity contribution is -0.209. The van der Waals surface area contributed by atoms with Gasteiger partial charge in [0.25, 0.3) is 0 Å². The third-order valence-corrected chi connectivity index (χ3v) is 4.35. The quantitative estimate of drug-likeness (QED) is 0.428. The van der Waals surface area contributed by atoms with Gasteiger partial charge >= 0.3 is 23.9 Å². The van der Waals surface area contributed by atoms with Crippen molar-refractivity contribution in [3.63, 3.8) is 0 Å². The summed E-state index contributed by atoms with van der Waals surface area (Å²) in [7, 11) is 0.973. The van der Waals surface area contributed by atoms with Crippen LogP contribution in [0.1, 0.15) is 20.8 Å². The van der Waals surface area contributed by atoms with E-state index in [-0.39, 0.29) is 0 Å². The summed E-state index contributed by atoms with van der Waals surface area (Å²) >= 11 is 0. The van der Waals surface area contributed by atoms with Crippen LogP contribution in [0.4, 0.5) is 0 Å². The van der Waals surface area contributed by atoms with E-state index < -0.39 is 65.8 Å². The minimum Gasteiger partial charge on any atom is -0.467 e. The van der Waals surface area contributed by atoms with Crippen LogP contribution in [0.5, 0.6) is 0 Å². The van der Waals surface area contributed by atoms with E-state index in [1.165, 1.54) is 0 Å². The number of carbonyl (C=O) groups is 5. The molecule has 1 saturated heterocycles. The number of ketones is 1. The van der Waals surface area contributed by atoms with Crippen molar-refractivity contribution in [1.29, 1.82) is 0 Å². The van der Waals surface area contributed by atoms with Crippen molar-refractivity contribution in [3.05, 3.63) is 12.2 Å². The van der Waals surface area contributed by atoms with E-state index in [9.17, 15) is 29.1 Å². The fraction of sp³-hybridized carbons (Fsp3) is 0.588. The van der Waals surface area contributed by atoms with Crippen LogP contribution in [0, 0.1) is 0 Å². The highest BCUT2D eigenvalue weighted by Crippen LogP contribution is 2.48. The number of rotatable bonds is 5. The molecule has 28 heavy (non-hydrogen) atoms. The van der Waals surface area contributed by atoms with Crippen LogP contribution < -0.4 is 0 Å². The van der Waals surface area contributed by atoms with E-state index >= 15 is 0 Å². The molecule has 1 unspecified atom stereocenters. The Morgan fingerprint density at radius 1 is 1.11 bits per heavy atom. The molecule has 1 N–H and O–H groups in total. The van der Waals surface area contributed by atoms with Crippen molar-refractivity contribution in [2.45, 2.75) is 50.3 Å². The predicted octanol–water partition coefficient (Wildman–Crippen LogP) is -1.41. The van der Waals surface area contributed by atoms with Gasteiger partial charge < -0.3 is 28.8 Å². The molecule has 1 aliphatic heterocycles. The summed E-state index contributed by atoms with van der Waals surface area (Å²) in [5, 5.41) is 11.0. The van der Waals surface area contributed by atoms with Gasteiger partial charge in [-0.3, -0.25) is 19.2 Å². The molecule has 11 heteroatoms. The Labute approximate surface area is 159 Å². The first-order valence-electron chi connectivity index (χ1n) is 8.19. The van der Waals surface area contributed by atoms with Gasteiger partial charge in [0.1, 0.15) is 12.7 Å². The standard InChI is InChI=1S/C17H20O11/c1-8(18)25-7-11-13(26-9(2)19)14(27-10(3)20)17(28-11)12(21)5-6-16(17,23)15(22)24-4/h5-6,11,13-14,23H,7H2,1-4H3/t11-,13-,14-,16?,17-/m1/s1. The van der Waals surface area contributed by atoms with Crippen molar-refractivity contribution in [2.75, 3.05) is 13.7 Å². The zero-order valence-electron chi connectivity index (χ0n) is 15.6. The molecule has 0 amide bonds. The van der Waals surface area contributed by atoms with Gasteiger partial charge in [-0.2, -0.15) is 0 Å². The lowest BCUT2D eigenvalue weighted by atomic mass is 9.79. The summed E-state index contributed by atoms with van der Waals surface area (Å²) in [6.07, 6.45) is -2.79. The van der Waals surface area contributed by atoms with Crippen molar-refractivity contribution in [2.24, 2.45) is 0 Å². The minimum atomic E-state index is -2.68. The van der Waals surface area contributed by atoms with Gasteiger partial charge in [-0.15, -0.1) is 0 Å². The highest BCUT2D eigenvalue weighted by atomic mass is 16.7. The Morgan fingerprint density at radius 2 is 1.71 bits per heavy atom. The maximum absolute atomic E-state index is 12.7. The van der Waals surface area contributed by atoms with Crippen molar-refractivity contribution < 1.29 is 52.8 Å². The molecular formula is C17H20O11. The average Bonchev–Trinajstić information content (AvgIpc) is 3.04. The Bertz CT molecular complexity index is 741. The largest absolute Gasteiger partial charge is 0.467 e. The van der Waals surface area contributed by atoms with E-state index in [0.717, 1.165) is 40.0 Å². The Hall–Kier alpha value is -2.79. The van der Waals surface area contributed by atoms with Gasteiger partial charge in [-0.05, 0) is 12.2 Å². The second kappa shape index (κ2) is 7.68. The van der Waals surface area contributed by atoms with Gasteiger partial charge in [-0.25, -0.2) is 4.79 Å². The highest BCUT2D eigenvalue weighted by Gasteiger charge is 2.76. The second-order valence-corrected chi connectivity index (χ2v) is 6.25. The van der Waals surface area contributed by atoms with Crippen LogP contribution in [0.25, 0.3) is 0 Å². The Morgan fingerprint density at radius 3 is 2.21 bits per heavy atom. The number of carbonyl (C=O) groups excluding carboxylic acids is 5. The molecule has 2 aliphatic rings. The van der Waals surface area contributed by atoms with Crippen LogP contribution in [-0.4, -0.2) is 78.0 Å². The molecule has 5 atom stereocenters. The Balaban J connectivity index is 2.60. The number of hydrogen-bond acceptors (Lipinski definition) is 11. The maximum atomic E-state index is 12.7. The number of aliphatic hydroxyl groups is 1. The van der Waals surface area contributed by atoms with Crippen LogP contribution >= 0.6 is 0 Å². The molecule has 154 valence electrons. The second-order valence-electron chi connectivity index (χ2n) is 6.25. The zero-order chi connectivity index (χ0) is 21.3. The fourth-order valence-corrected chi connectivity index (χ4v) is 3.30. The third-order valence-electron chi connectivity index (χ3n) is 4.35. The first kappa shape index (κ1) is 21.5. The van der Waals surface area contributed by atoms with Gasteiger partial charge in [0.2, 0.25) is 11.2 Å². The van der Waals surface area contributed by atoms with E-state index in [1.807, 2.05) is 0 Å². The van der Waals surface area contributed by atoms with Crippen molar-refractivity contribution in [1.82, 2.24) is 0 Å². The summed E-state index contributed by atoms with van der Waals surface area (Å²) in [6, 6.07) is 0. The monoisotopic (exact) mass is 400 g/mol. The molecule has 11 nitrogen and oxygen atoms in total. The van der Waals surface area contributed by atoms with Gasteiger partial charge in [0, 0.05) is 20.8 Å². The number of ether oxygens (including phenoxy) is 5. The predicted molar refractivity (Wildman–Crippen MR) is 86.5 cm³/mol. The summed E-state index contributed by atoms with van der Waals surface area (Å²) < 4.78 is 25.4. The van der Waals surface area contributed by atoms with E-state index in [4.69, 9.17) is 18.9 Å². The molecule has 0 aromatic carbocycles. The SMILES string of the molecule is COC(=O)C1(O)C=CC(=O)[C@]12O[C@H](COC(C)=O)[C@@H](OC(C)=O)[C@H]2OC(C)=O. The van der Waals surface area contributed by atoms with Gasteiger partial charge in [-0.1, -0.05) is 0 Å². The number of esters is 4. The van der Waals surface area contributed by atoms with Crippen LogP contribution in [-0.2, 0) is 47.7 Å². The zero-order valence-corrected chi connectivity index (χ0v) is 15.6. The van der Waals surface area contributed by atoms with E-state index in [1.54, 1.807) is 0 Å². The summed E-state index contributed by atoms with van der Waals surface area (Å²) in [5.74, 6) is -4.61. The first-order valence-corrected chi connectivity index (χ1v) is 8.19. The number of methoxy groups -OCH3 is 1. The van der Waals surface area contributed by atoms with Gasteiger partial charge in [0.15, 0.2) is 18.0 Å². The van der Waals surface area contributed by atoms with Crippen LogP contribution in [0.15, 0.2) is 12.2 Å². The third kappa shape index (κ3) is 3.38. The molecule has 1 spiro atoms. The topological polar surface area (TPSA) is 152 Å². The summed E-state index contributed by atoms with van der Waals surface area (Å²) in [5.41, 5.74) is -5.17. The van der Waals surface area contributed by atoms with Crippen LogP contribution in [0.2, 0.25) is 0 Å². The van der Waals surface area contributed by atoms with E-state index in [2.05, 4.69) is 4.74 Å². The molecule has 1 fully saturated rings. The van der Waals surface area contributed by atoms with Crippen LogP contribution in [0.3, 0.4) is 0 Å². The molecular weight excluding hydrogens is 380 g/mol. The number of hydrogen-bond donors (Lipinski definition) is 1. The lowest BCUT2D eigenvalue weighted by Gasteiger charge is -2.38. The highest BCUT2D eigenvalue weighted by molar-refractivity contribution is 6.09. The normalized spacial score (nSPS) is 33.6. The van der Waals surface area contributed by atoms with E-state index in [0.29, 0.717) is 0 Å². The average molecular weight is 400 g/mol. The maximum Gasteiger partial charge on any atom is 0.345 e. The molecule has 2 rings (SSSR count). The summed E-state index contributed by atoms with van der Waals surface area (Å²) in [6.45, 7) is 2.68. The molecule has 1 heterocycles. The van der Waals surface area contributed by atoms with Crippen molar-refractivity contribution >= 4 is 29.7 Å². The Kier molecular flexibility index (Phi) is 5.90. The molecule has 0 bridgehead atoms. The molecule has 0 saturated carbocycles. The smallest absolute Gasteiger partial charge is 0.345 e. The summed E-state index contributed by atoms with van der Waals surface area (Å²) in [4.78, 5) is 59.4. The molecule has 1 aliphatic carbocycles. The lowest BCUT2D eigenvalue weighted by Crippen LogP contribution is -2.66. The molecule has 0 radical (unpaired) electrons. The van der Waals surface area contributed by atoms with Gasteiger partial charge in [0.05, 0.1) is 7.11 Å². The first-order chi connectivity index (χ1) is 13.0. The minimum absolute atomic E-state index is 0.503. The van der Waals surface area contributed by atoms with Crippen molar-refractivity contribution in [3.8, 4) is 0 Å². The molecule has 0 aromatic heterocycles. The molecule has 0 aromatic rings. The fourth-order valence-electron chi connectivity index (χ4n) is 3.30.